The van der Waals surface area contributed by atoms with Crippen molar-refractivity contribution in [2.75, 3.05) is 0 Å². The van der Waals surface area contributed by atoms with Crippen LogP contribution in [0.2, 0.25) is 0 Å². The maximum Gasteiger partial charge on any atom is 0.252 e. The Hall–Kier alpha value is -3.34. The second kappa shape index (κ2) is 8.16. The van der Waals surface area contributed by atoms with E-state index in [1.807, 2.05) is 48.5 Å². The van der Waals surface area contributed by atoms with Crippen molar-refractivity contribution in [1.82, 2.24) is 10.6 Å². The number of rotatable bonds is 6. The van der Waals surface area contributed by atoms with Gasteiger partial charge in [0.2, 0.25) is 5.91 Å². The molecule has 0 saturated heterocycles. The average molecular weight is 348 g/mol. The molecule has 3 aromatic rings. The van der Waals surface area contributed by atoms with Gasteiger partial charge >= 0.3 is 0 Å². The normalized spacial score (nSPS) is 11.6. The minimum atomic E-state index is -0.363. The molecule has 5 nitrogen and oxygen atoms in total. The topological polar surface area (TPSA) is 71.3 Å². The molecule has 0 saturated carbocycles. The molecule has 0 aliphatic carbocycles. The first kappa shape index (κ1) is 17.5. The van der Waals surface area contributed by atoms with E-state index in [4.69, 9.17) is 4.42 Å². The van der Waals surface area contributed by atoms with Crippen LogP contribution in [0.15, 0.2) is 77.4 Å². The zero-order valence-corrected chi connectivity index (χ0v) is 14.4. The Kier molecular flexibility index (Phi) is 5.49. The van der Waals surface area contributed by atoms with E-state index in [0.29, 0.717) is 17.9 Å². The van der Waals surface area contributed by atoms with Crippen molar-refractivity contribution in [3.05, 3.63) is 95.4 Å². The number of furan rings is 1. The van der Waals surface area contributed by atoms with Crippen LogP contribution in [0.25, 0.3) is 0 Å². The molecule has 1 atom stereocenters. The molecule has 0 bridgehead atoms. The molecular weight excluding hydrogens is 328 g/mol. The molecule has 0 aliphatic rings. The minimum absolute atomic E-state index is 0.0871. The fourth-order valence-corrected chi connectivity index (χ4v) is 2.63. The van der Waals surface area contributed by atoms with Crippen LogP contribution in [-0.4, -0.2) is 11.8 Å². The molecule has 0 radical (unpaired) electrons. The van der Waals surface area contributed by atoms with Gasteiger partial charge in [-0.2, -0.15) is 0 Å². The van der Waals surface area contributed by atoms with Crippen LogP contribution in [0.1, 0.15) is 40.2 Å². The predicted octanol–water partition coefficient (Wildman–Crippen LogP) is 3.44. The van der Waals surface area contributed by atoms with Gasteiger partial charge in [-0.3, -0.25) is 9.59 Å². The van der Waals surface area contributed by atoms with E-state index in [-0.39, 0.29) is 17.9 Å². The van der Waals surface area contributed by atoms with Crippen LogP contribution in [0, 0.1) is 0 Å². The summed E-state index contributed by atoms with van der Waals surface area (Å²) in [5.74, 6) is 0.393. The zero-order valence-electron chi connectivity index (χ0n) is 14.4. The summed E-state index contributed by atoms with van der Waals surface area (Å²) in [5.41, 5.74) is 2.42. The minimum Gasteiger partial charge on any atom is -0.467 e. The maximum absolute atomic E-state index is 12.7. The molecule has 2 aromatic carbocycles. The molecule has 1 unspecified atom stereocenters. The first-order chi connectivity index (χ1) is 12.6. The third-order valence-electron chi connectivity index (χ3n) is 3.99. The molecule has 132 valence electrons. The van der Waals surface area contributed by atoms with Crippen molar-refractivity contribution in [3.63, 3.8) is 0 Å². The van der Waals surface area contributed by atoms with Crippen LogP contribution < -0.4 is 10.6 Å². The van der Waals surface area contributed by atoms with Gasteiger partial charge in [-0.05, 0) is 35.4 Å². The fraction of sp³-hybridized carbons (Fsp3) is 0.143. The molecule has 3 rings (SSSR count). The SMILES string of the molecule is CC(=O)NCc1ccc(C(=O)NC(c2ccccc2)c2ccco2)cc1. The second-order valence-electron chi connectivity index (χ2n) is 5.94. The number of hydrogen-bond donors (Lipinski definition) is 2. The molecule has 1 aromatic heterocycles. The molecule has 0 fully saturated rings. The largest absolute Gasteiger partial charge is 0.467 e. The molecule has 5 heteroatoms. The lowest BCUT2D eigenvalue weighted by atomic mass is 10.0. The van der Waals surface area contributed by atoms with Crippen molar-refractivity contribution in [2.24, 2.45) is 0 Å². The van der Waals surface area contributed by atoms with Gasteiger partial charge in [-0.1, -0.05) is 42.5 Å². The van der Waals surface area contributed by atoms with E-state index in [9.17, 15) is 9.59 Å². The van der Waals surface area contributed by atoms with E-state index in [1.54, 1.807) is 24.5 Å². The Morgan fingerprint density at radius 3 is 2.31 bits per heavy atom. The molecule has 0 aliphatic heterocycles. The van der Waals surface area contributed by atoms with Gasteiger partial charge in [-0.25, -0.2) is 0 Å². The third-order valence-corrected chi connectivity index (χ3v) is 3.99. The molecule has 0 spiro atoms. The highest BCUT2D eigenvalue weighted by Gasteiger charge is 2.20. The van der Waals surface area contributed by atoms with Crippen molar-refractivity contribution in [2.45, 2.75) is 19.5 Å². The summed E-state index contributed by atoms with van der Waals surface area (Å²) >= 11 is 0. The Bertz CT molecular complexity index is 856. The standard InChI is InChI=1S/C21H20N2O3/c1-15(24)22-14-16-9-11-18(12-10-16)21(25)23-20(19-8-5-13-26-19)17-6-3-2-4-7-17/h2-13,20H,14H2,1H3,(H,22,24)(H,23,25). The fourth-order valence-electron chi connectivity index (χ4n) is 2.63. The maximum atomic E-state index is 12.7. The summed E-state index contributed by atoms with van der Waals surface area (Å²) in [5, 5.41) is 5.75. The Balaban J connectivity index is 1.75. The summed E-state index contributed by atoms with van der Waals surface area (Å²) in [7, 11) is 0. The summed E-state index contributed by atoms with van der Waals surface area (Å²) in [6, 6.07) is 20.1. The van der Waals surface area contributed by atoms with Crippen molar-refractivity contribution >= 4 is 11.8 Å². The molecule has 2 amide bonds. The van der Waals surface area contributed by atoms with Gasteiger partial charge in [0.25, 0.3) is 5.91 Å². The van der Waals surface area contributed by atoms with Crippen molar-refractivity contribution < 1.29 is 14.0 Å². The summed E-state index contributed by atoms with van der Waals surface area (Å²) in [6.07, 6.45) is 1.59. The number of amides is 2. The average Bonchev–Trinajstić information content (AvgIpc) is 3.20. The summed E-state index contributed by atoms with van der Waals surface area (Å²) in [4.78, 5) is 23.7. The quantitative estimate of drug-likeness (QED) is 0.717. The lowest BCUT2D eigenvalue weighted by Crippen LogP contribution is -2.29. The number of carbonyl (C=O) groups is 2. The van der Waals surface area contributed by atoms with Crippen LogP contribution >= 0.6 is 0 Å². The number of carbonyl (C=O) groups excluding carboxylic acids is 2. The van der Waals surface area contributed by atoms with Gasteiger partial charge in [-0.15, -0.1) is 0 Å². The van der Waals surface area contributed by atoms with Crippen LogP contribution in [-0.2, 0) is 11.3 Å². The summed E-state index contributed by atoms with van der Waals surface area (Å²) < 4.78 is 5.51. The molecule has 2 N–H and O–H groups in total. The number of nitrogens with one attached hydrogen (secondary N) is 2. The number of benzene rings is 2. The number of hydrogen-bond acceptors (Lipinski definition) is 3. The van der Waals surface area contributed by atoms with Crippen LogP contribution in [0.5, 0.6) is 0 Å². The van der Waals surface area contributed by atoms with Crippen LogP contribution in [0.3, 0.4) is 0 Å². The van der Waals surface area contributed by atoms with E-state index in [2.05, 4.69) is 10.6 Å². The lowest BCUT2D eigenvalue weighted by molar-refractivity contribution is -0.119. The Morgan fingerprint density at radius 1 is 0.962 bits per heavy atom. The van der Waals surface area contributed by atoms with E-state index >= 15 is 0 Å². The summed E-state index contributed by atoms with van der Waals surface area (Å²) in [6.45, 7) is 1.91. The highest BCUT2D eigenvalue weighted by Crippen LogP contribution is 2.23. The smallest absolute Gasteiger partial charge is 0.252 e. The monoisotopic (exact) mass is 348 g/mol. The van der Waals surface area contributed by atoms with E-state index in [0.717, 1.165) is 11.1 Å². The third kappa shape index (κ3) is 4.39. The molecule has 26 heavy (non-hydrogen) atoms. The lowest BCUT2D eigenvalue weighted by Gasteiger charge is -2.17. The zero-order chi connectivity index (χ0) is 18.4. The second-order valence-corrected chi connectivity index (χ2v) is 5.94. The van der Waals surface area contributed by atoms with Gasteiger partial charge in [0.15, 0.2) is 0 Å². The highest BCUT2D eigenvalue weighted by molar-refractivity contribution is 5.94. The Labute approximate surface area is 152 Å². The Morgan fingerprint density at radius 2 is 1.69 bits per heavy atom. The first-order valence-electron chi connectivity index (χ1n) is 8.36. The van der Waals surface area contributed by atoms with Crippen LogP contribution in [0.4, 0.5) is 0 Å². The molecule has 1 heterocycles. The highest BCUT2D eigenvalue weighted by atomic mass is 16.3. The van der Waals surface area contributed by atoms with E-state index in [1.165, 1.54) is 6.92 Å². The molecular formula is C21H20N2O3. The van der Waals surface area contributed by atoms with Crippen molar-refractivity contribution in [1.29, 1.82) is 0 Å². The van der Waals surface area contributed by atoms with Gasteiger partial charge in [0, 0.05) is 19.0 Å². The van der Waals surface area contributed by atoms with E-state index < -0.39 is 0 Å². The predicted molar refractivity (Wildman–Crippen MR) is 98.4 cm³/mol. The van der Waals surface area contributed by atoms with Gasteiger partial charge < -0.3 is 15.1 Å². The first-order valence-corrected chi connectivity index (χ1v) is 8.36. The van der Waals surface area contributed by atoms with Gasteiger partial charge in [0.1, 0.15) is 11.8 Å². The van der Waals surface area contributed by atoms with Gasteiger partial charge in [0.05, 0.1) is 6.26 Å². The van der Waals surface area contributed by atoms with Crippen molar-refractivity contribution in [3.8, 4) is 0 Å².